The zero-order chi connectivity index (χ0) is 11.5. The van der Waals surface area contributed by atoms with Crippen molar-refractivity contribution in [3.63, 3.8) is 0 Å². The number of hydrogen-bond donors (Lipinski definition) is 3. The molecule has 0 radical (unpaired) electrons. The minimum Gasteiger partial charge on any atom is -0.399 e. The van der Waals surface area contributed by atoms with E-state index >= 15 is 0 Å². The predicted molar refractivity (Wildman–Crippen MR) is 62.9 cm³/mol. The Labute approximate surface area is 94.4 Å². The molecular formula is C11H16N4O. The number of nitrogens with zero attached hydrogens (tertiary/aromatic N) is 1. The van der Waals surface area contributed by atoms with Gasteiger partial charge in [0.15, 0.2) is 0 Å². The summed E-state index contributed by atoms with van der Waals surface area (Å²) in [6.07, 6.45) is 3.80. The summed E-state index contributed by atoms with van der Waals surface area (Å²) in [6.45, 7) is 1.81. The number of amides is 1. The monoisotopic (exact) mass is 220 g/mol. The second kappa shape index (κ2) is 4.38. The van der Waals surface area contributed by atoms with E-state index in [2.05, 4.69) is 15.6 Å². The Hall–Kier alpha value is -1.78. The van der Waals surface area contributed by atoms with Gasteiger partial charge in [-0.3, -0.25) is 4.79 Å². The van der Waals surface area contributed by atoms with Gasteiger partial charge in [0.05, 0.1) is 0 Å². The molecule has 1 unspecified atom stereocenters. The molecule has 1 atom stereocenters. The molecule has 0 spiro atoms. The topological polar surface area (TPSA) is 80.0 Å². The molecule has 2 rings (SSSR count). The van der Waals surface area contributed by atoms with Crippen LogP contribution in [0.3, 0.4) is 0 Å². The van der Waals surface area contributed by atoms with Gasteiger partial charge in [-0.25, -0.2) is 4.98 Å². The molecule has 0 aliphatic heterocycles. The second-order valence-electron chi connectivity index (χ2n) is 4.12. The molecule has 0 saturated heterocycles. The van der Waals surface area contributed by atoms with E-state index in [1.54, 1.807) is 18.3 Å². The van der Waals surface area contributed by atoms with Crippen LogP contribution in [0.2, 0.25) is 0 Å². The largest absolute Gasteiger partial charge is 0.399 e. The molecule has 5 heteroatoms. The molecule has 0 bridgehead atoms. The van der Waals surface area contributed by atoms with Crippen LogP contribution in [0.1, 0.15) is 19.8 Å². The Kier molecular flexibility index (Phi) is 2.94. The predicted octanol–water partition coefficient (Wildman–Crippen LogP) is 0.743. The van der Waals surface area contributed by atoms with Crippen molar-refractivity contribution in [2.45, 2.75) is 31.8 Å². The van der Waals surface area contributed by atoms with Gasteiger partial charge in [0, 0.05) is 24.0 Å². The van der Waals surface area contributed by atoms with Crippen molar-refractivity contribution in [3.05, 3.63) is 18.3 Å². The lowest BCUT2D eigenvalue weighted by Crippen LogP contribution is -2.38. The van der Waals surface area contributed by atoms with Gasteiger partial charge in [-0.15, -0.1) is 0 Å². The van der Waals surface area contributed by atoms with Crippen LogP contribution < -0.4 is 16.4 Å². The van der Waals surface area contributed by atoms with Gasteiger partial charge < -0.3 is 16.4 Å². The summed E-state index contributed by atoms with van der Waals surface area (Å²) in [4.78, 5) is 15.7. The van der Waals surface area contributed by atoms with E-state index in [1.165, 1.54) is 0 Å². The Bertz CT molecular complexity index is 389. The van der Waals surface area contributed by atoms with Crippen molar-refractivity contribution in [3.8, 4) is 0 Å². The van der Waals surface area contributed by atoms with Crippen molar-refractivity contribution in [2.24, 2.45) is 0 Å². The van der Waals surface area contributed by atoms with Crippen LogP contribution in [0, 0.1) is 0 Å². The summed E-state index contributed by atoms with van der Waals surface area (Å²) >= 11 is 0. The number of anilines is 2. The molecule has 1 saturated carbocycles. The SMILES string of the molecule is CC(Nc1cc(N)ccn1)C(=O)NC1CC1. The number of rotatable bonds is 4. The molecule has 1 amide bonds. The molecule has 4 N–H and O–H groups in total. The number of pyridine rings is 1. The maximum atomic E-state index is 11.7. The zero-order valence-corrected chi connectivity index (χ0v) is 9.23. The lowest BCUT2D eigenvalue weighted by molar-refractivity contribution is -0.121. The smallest absolute Gasteiger partial charge is 0.242 e. The maximum absolute atomic E-state index is 11.7. The van der Waals surface area contributed by atoms with E-state index in [-0.39, 0.29) is 11.9 Å². The number of carbonyl (C=O) groups excluding carboxylic acids is 1. The minimum atomic E-state index is -0.296. The van der Waals surface area contributed by atoms with Crippen LogP contribution in [-0.2, 0) is 4.79 Å². The standard InChI is InChI=1S/C11H16N4O/c1-7(11(16)15-9-2-3-9)14-10-6-8(12)4-5-13-10/h4-7,9H,2-3H2,1H3,(H,15,16)(H3,12,13,14). The Morgan fingerprint density at radius 3 is 3.00 bits per heavy atom. The highest BCUT2D eigenvalue weighted by molar-refractivity contribution is 5.84. The van der Waals surface area contributed by atoms with Gasteiger partial charge in [0.1, 0.15) is 11.9 Å². The molecule has 0 aromatic carbocycles. The first-order chi connectivity index (χ1) is 7.65. The van der Waals surface area contributed by atoms with Gasteiger partial charge in [0.2, 0.25) is 5.91 Å². The van der Waals surface area contributed by atoms with Crippen LogP contribution in [0.25, 0.3) is 0 Å². The normalized spacial score (nSPS) is 16.6. The van der Waals surface area contributed by atoms with Crippen molar-refractivity contribution in [1.82, 2.24) is 10.3 Å². The fraction of sp³-hybridized carbons (Fsp3) is 0.455. The fourth-order valence-electron chi connectivity index (χ4n) is 1.37. The summed E-state index contributed by atoms with van der Waals surface area (Å²) in [6, 6.07) is 3.50. The molecule has 16 heavy (non-hydrogen) atoms. The van der Waals surface area contributed by atoms with Crippen LogP contribution in [0.5, 0.6) is 0 Å². The Morgan fingerprint density at radius 2 is 2.38 bits per heavy atom. The molecule has 1 fully saturated rings. The van der Waals surface area contributed by atoms with Crippen molar-refractivity contribution < 1.29 is 4.79 Å². The number of hydrogen-bond acceptors (Lipinski definition) is 4. The first kappa shape index (κ1) is 10.7. The van der Waals surface area contributed by atoms with Crippen LogP contribution in [-0.4, -0.2) is 23.0 Å². The van der Waals surface area contributed by atoms with E-state index in [0.29, 0.717) is 17.5 Å². The number of nitrogen functional groups attached to an aromatic ring is 1. The lowest BCUT2D eigenvalue weighted by Gasteiger charge is -2.14. The van der Waals surface area contributed by atoms with E-state index in [9.17, 15) is 4.79 Å². The van der Waals surface area contributed by atoms with E-state index in [1.807, 2.05) is 6.92 Å². The molecule has 1 aromatic heterocycles. The van der Waals surface area contributed by atoms with Crippen molar-refractivity contribution in [2.75, 3.05) is 11.1 Å². The van der Waals surface area contributed by atoms with Crippen LogP contribution in [0.4, 0.5) is 11.5 Å². The Morgan fingerprint density at radius 1 is 1.62 bits per heavy atom. The second-order valence-corrected chi connectivity index (χ2v) is 4.12. The first-order valence-corrected chi connectivity index (χ1v) is 5.43. The number of carbonyl (C=O) groups is 1. The van der Waals surface area contributed by atoms with Crippen molar-refractivity contribution >= 4 is 17.4 Å². The number of aromatic nitrogens is 1. The molecule has 1 heterocycles. The third-order valence-corrected chi connectivity index (χ3v) is 2.47. The average molecular weight is 220 g/mol. The summed E-state index contributed by atoms with van der Waals surface area (Å²) in [7, 11) is 0. The number of nitrogens with one attached hydrogen (secondary N) is 2. The minimum absolute atomic E-state index is 0.00623. The highest BCUT2D eigenvalue weighted by Gasteiger charge is 2.25. The molecule has 1 aliphatic rings. The molecule has 5 nitrogen and oxygen atoms in total. The molecule has 1 aromatic rings. The van der Waals surface area contributed by atoms with Gasteiger partial charge in [-0.2, -0.15) is 0 Å². The fourth-order valence-corrected chi connectivity index (χ4v) is 1.37. The summed E-state index contributed by atoms with van der Waals surface area (Å²) in [5.74, 6) is 0.630. The van der Waals surface area contributed by atoms with Gasteiger partial charge >= 0.3 is 0 Å². The Balaban J connectivity index is 1.90. The van der Waals surface area contributed by atoms with Crippen LogP contribution in [0.15, 0.2) is 18.3 Å². The highest BCUT2D eigenvalue weighted by Crippen LogP contribution is 2.19. The average Bonchev–Trinajstić information content (AvgIpc) is 3.01. The van der Waals surface area contributed by atoms with E-state index in [4.69, 9.17) is 5.73 Å². The van der Waals surface area contributed by atoms with Gasteiger partial charge in [0.25, 0.3) is 0 Å². The zero-order valence-electron chi connectivity index (χ0n) is 9.23. The van der Waals surface area contributed by atoms with Crippen LogP contribution >= 0.6 is 0 Å². The highest BCUT2D eigenvalue weighted by atomic mass is 16.2. The third kappa shape index (κ3) is 2.85. The summed E-state index contributed by atoms with van der Waals surface area (Å²) < 4.78 is 0. The van der Waals surface area contributed by atoms with Gasteiger partial charge in [-0.05, 0) is 25.8 Å². The van der Waals surface area contributed by atoms with Crippen molar-refractivity contribution in [1.29, 1.82) is 0 Å². The molecule has 86 valence electrons. The summed E-state index contributed by atoms with van der Waals surface area (Å²) in [5.41, 5.74) is 6.25. The van der Waals surface area contributed by atoms with E-state index in [0.717, 1.165) is 12.8 Å². The maximum Gasteiger partial charge on any atom is 0.242 e. The third-order valence-electron chi connectivity index (χ3n) is 2.47. The number of nitrogens with two attached hydrogens (primary N) is 1. The van der Waals surface area contributed by atoms with Gasteiger partial charge in [-0.1, -0.05) is 0 Å². The lowest BCUT2D eigenvalue weighted by atomic mass is 10.3. The van der Waals surface area contributed by atoms with E-state index < -0.39 is 0 Å². The first-order valence-electron chi connectivity index (χ1n) is 5.43. The molecular weight excluding hydrogens is 204 g/mol. The quantitative estimate of drug-likeness (QED) is 0.699. The molecule has 1 aliphatic carbocycles. The summed E-state index contributed by atoms with van der Waals surface area (Å²) in [5, 5.41) is 5.94.